The highest BCUT2D eigenvalue weighted by Gasteiger charge is 2.14. The molecule has 3 rings (SSSR count). The van der Waals surface area contributed by atoms with Crippen LogP contribution in [0.2, 0.25) is 15.1 Å². The molecule has 1 aliphatic rings. The molecule has 0 spiro atoms. The average Bonchev–Trinajstić information content (AvgIpc) is 2.65. The van der Waals surface area contributed by atoms with Crippen molar-refractivity contribution in [3.05, 3.63) is 39.0 Å². The molecule has 0 N–H and O–H groups in total. The Kier molecular flexibility index (Phi) is 6.98. The van der Waals surface area contributed by atoms with Gasteiger partial charge in [0.2, 0.25) is 5.88 Å². The second kappa shape index (κ2) is 9.23. The standard InChI is InChI=1S/C19H22Cl3N3O/c1-13-17(22)19(26-11-5-10-25-8-3-2-4-9-25)24-18(23-13)14-6-7-15(20)16(21)12-14/h6-7,12H,2-5,8-11H2,1H3. The molecule has 0 atom stereocenters. The van der Waals surface area contributed by atoms with Gasteiger partial charge >= 0.3 is 0 Å². The molecule has 26 heavy (non-hydrogen) atoms. The molecule has 0 radical (unpaired) electrons. The molecule has 1 saturated heterocycles. The van der Waals surface area contributed by atoms with Crippen LogP contribution in [-0.2, 0) is 0 Å². The zero-order chi connectivity index (χ0) is 18.5. The fourth-order valence-corrected chi connectivity index (χ4v) is 3.47. The van der Waals surface area contributed by atoms with Gasteiger partial charge in [-0.05, 0) is 57.5 Å². The van der Waals surface area contributed by atoms with Crippen molar-refractivity contribution in [2.75, 3.05) is 26.2 Å². The van der Waals surface area contributed by atoms with E-state index in [1.54, 1.807) is 12.1 Å². The lowest BCUT2D eigenvalue weighted by atomic mass is 10.1. The topological polar surface area (TPSA) is 38.3 Å². The first kappa shape index (κ1) is 19.7. The highest BCUT2D eigenvalue weighted by molar-refractivity contribution is 6.42. The van der Waals surface area contributed by atoms with Crippen LogP contribution in [0.15, 0.2) is 18.2 Å². The Balaban J connectivity index is 1.66. The first-order chi connectivity index (χ1) is 12.5. The summed E-state index contributed by atoms with van der Waals surface area (Å²) in [6.07, 6.45) is 4.89. The van der Waals surface area contributed by atoms with Crippen LogP contribution < -0.4 is 4.74 Å². The van der Waals surface area contributed by atoms with Gasteiger partial charge < -0.3 is 9.64 Å². The monoisotopic (exact) mass is 413 g/mol. The minimum absolute atomic E-state index is 0.416. The number of halogens is 3. The van der Waals surface area contributed by atoms with Crippen molar-refractivity contribution in [3.8, 4) is 17.3 Å². The molecule has 140 valence electrons. The van der Waals surface area contributed by atoms with Crippen molar-refractivity contribution in [1.82, 2.24) is 14.9 Å². The maximum absolute atomic E-state index is 6.33. The van der Waals surface area contributed by atoms with Crippen LogP contribution in [0.4, 0.5) is 0 Å². The summed E-state index contributed by atoms with van der Waals surface area (Å²) in [4.78, 5) is 11.4. The summed E-state index contributed by atoms with van der Waals surface area (Å²) < 4.78 is 5.86. The second-order valence-electron chi connectivity index (χ2n) is 6.48. The summed E-state index contributed by atoms with van der Waals surface area (Å²) in [6.45, 7) is 5.84. The highest BCUT2D eigenvalue weighted by atomic mass is 35.5. The van der Waals surface area contributed by atoms with Crippen LogP contribution in [0.1, 0.15) is 31.4 Å². The van der Waals surface area contributed by atoms with Gasteiger partial charge in [0.05, 0.1) is 22.3 Å². The zero-order valence-electron chi connectivity index (χ0n) is 14.8. The fourth-order valence-electron chi connectivity index (χ4n) is 3.03. The van der Waals surface area contributed by atoms with Crippen LogP contribution >= 0.6 is 34.8 Å². The van der Waals surface area contributed by atoms with Gasteiger partial charge in [0.1, 0.15) is 5.02 Å². The van der Waals surface area contributed by atoms with E-state index in [2.05, 4.69) is 14.9 Å². The van der Waals surface area contributed by atoms with Gasteiger partial charge in [0.25, 0.3) is 0 Å². The smallest absolute Gasteiger partial charge is 0.236 e. The van der Waals surface area contributed by atoms with Gasteiger partial charge in [-0.3, -0.25) is 0 Å². The van der Waals surface area contributed by atoms with E-state index in [4.69, 9.17) is 39.5 Å². The fraction of sp³-hybridized carbons (Fsp3) is 0.474. The lowest BCUT2D eigenvalue weighted by Gasteiger charge is -2.26. The van der Waals surface area contributed by atoms with Crippen molar-refractivity contribution >= 4 is 34.8 Å². The van der Waals surface area contributed by atoms with E-state index in [-0.39, 0.29) is 0 Å². The van der Waals surface area contributed by atoms with Crippen molar-refractivity contribution in [1.29, 1.82) is 0 Å². The van der Waals surface area contributed by atoms with E-state index in [0.717, 1.165) is 18.5 Å². The van der Waals surface area contributed by atoms with E-state index < -0.39 is 0 Å². The number of hydrogen-bond donors (Lipinski definition) is 0. The predicted molar refractivity (Wildman–Crippen MR) is 108 cm³/mol. The quantitative estimate of drug-likeness (QED) is 0.571. The van der Waals surface area contributed by atoms with Crippen molar-refractivity contribution in [2.45, 2.75) is 32.6 Å². The molecule has 0 bridgehead atoms. The third-order valence-electron chi connectivity index (χ3n) is 4.47. The summed E-state index contributed by atoms with van der Waals surface area (Å²) >= 11 is 18.4. The maximum Gasteiger partial charge on any atom is 0.236 e. The molecule has 0 aliphatic carbocycles. The van der Waals surface area contributed by atoms with Gasteiger partial charge in [-0.25, -0.2) is 4.98 Å². The molecule has 2 heterocycles. The van der Waals surface area contributed by atoms with Crippen LogP contribution in [0, 0.1) is 6.92 Å². The maximum atomic E-state index is 6.33. The van der Waals surface area contributed by atoms with Gasteiger partial charge in [0.15, 0.2) is 5.82 Å². The SMILES string of the molecule is Cc1nc(-c2ccc(Cl)c(Cl)c2)nc(OCCCN2CCCCC2)c1Cl. The number of likely N-dealkylation sites (tertiary alicyclic amines) is 1. The number of hydrogen-bond acceptors (Lipinski definition) is 4. The number of benzene rings is 1. The van der Waals surface area contributed by atoms with Gasteiger partial charge in [-0.2, -0.15) is 4.98 Å². The van der Waals surface area contributed by atoms with E-state index >= 15 is 0 Å². The average molecular weight is 415 g/mol. The number of aryl methyl sites for hydroxylation is 1. The van der Waals surface area contributed by atoms with Crippen molar-refractivity contribution in [3.63, 3.8) is 0 Å². The summed E-state index contributed by atoms with van der Waals surface area (Å²) in [7, 11) is 0. The number of nitrogens with zero attached hydrogens (tertiary/aromatic N) is 3. The van der Waals surface area contributed by atoms with Gasteiger partial charge in [-0.1, -0.05) is 41.2 Å². The number of piperidine rings is 1. The molecule has 1 aromatic heterocycles. The summed E-state index contributed by atoms with van der Waals surface area (Å²) in [5.74, 6) is 0.940. The molecule has 0 unspecified atom stereocenters. The van der Waals surface area contributed by atoms with Crippen LogP contribution in [0.3, 0.4) is 0 Å². The van der Waals surface area contributed by atoms with Crippen LogP contribution in [-0.4, -0.2) is 41.1 Å². The van der Waals surface area contributed by atoms with E-state index in [0.29, 0.717) is 39.1 Å². The minimum Gasteiger partial charge on any atom is -0.476 e. The molecular formula is C19H22Cl3N3O. The summed E-state index contributed by atoms with van der Waals surface area (Å²) in [5.41, 5.74) is 1.45. The zero-order valence-corrected chi connectivity index (χ0v) is 17.0. The van der Waals surface area contributed by atoms with Gasteiger partial charge in [0, 0.05) is 12.1 Å². The lowest BCUT2D eigenvalue weighted by Crippen LogP contribution is -2.31. The van der Waals surface area contributed by atoms with Gasteiger partial charge in [-0.15, -0.1) is 0 Å². The minimum atomic E-state index is 0.416. The lowest BCUT2D eigenvalue weighted by molar-refractivity contribution is 0.203. The molecular weight excluding hydrogens is 393 g/mol. The molecule has 7 heteroatoms. The Labute approximate surface area is 169 Å². The first-order valence-electron chi connectivity index (χ1n) is 8.89. The highest BCUT2D eigenvalue weighted by Crippen LogP contribution is 2.31. The molecule has 0 saturated carbocycles. The van der Waals surface area contributed by atoms with Crippen molar-refractivity contribution in [2.24, 2.45) is 0 Å². The third-order valence-corrected chi connectivity index (χ3v) is 5.64. The Morgan fingerprint density at radius 1 is 1.04 bits per heavy atom. The number of aromatic nitrogens is 2. The first-order valence-corrected chi connectivity index (χ1v) is 10.0. The Morgan fingerprint density at radius 3 is 2.54 bits per heavy atom. The Bertz CT molecular complexity index is 764. The largest absolute Gasteiger partial charge is 0.476 e. The van der Waals surface area contributed by atoms with Crippen LogP contribution in [0.5, 0.6) is 5.88 Å². The third kappa shape index (κ3) is 5.01. The predicted octanol–water partition coefficient (Wildman–Crippen LogP) is 5.67. The molecule has 0 amide bonds. The summed E-state index contributed by atoms with van der Waals surface area (Å²) in [6, 6.07) is 5.30. The van der Waals surface area contributed by atoms with Crippen molar-refractivity contribution < 1.29 is 4.74 Å². The van der Waals surface area contributed by atoms with E-state index in [9.17, 15) is 0 Å². The Morgan fingerprint density at radius 2 is 1.81 bits per heavy atom. The molecule has 1 aliphatic heterocycles. The number of ether oxygens (including phenoxy) is 1. The molecule has 2 aromatic rings. The normalized spacial score (nSPS) is 15.2. The van der Waals surface area contributed by atoms with E-state index in [1.165, 1.54) is 32.4 Å². The Hall–Kier alpha value is -1.07. The molecule has 1 fully saturated rings. The molecule has 1 aromatic carbocycles. The second-order valence-corrected chi connectivity index (χ2v) is 7.68. The number of rotatable bonds is 6. The van der Waals surface area contributed by atoms with Crippen LogP contribution in [0.25, 0.3) is 11.4 Å². The van der Waals surface area contributed by atoms with E-state index in [1.807, 2.05) is 13.0 Å². The summed E-state index contributed by atoms with van der Waals surface area (Å²) in [5, 5.41) is 1.41. The molecule has 4 nitrogen and oxygen atoms in total.